The fourth-order valence-electron chi connectivity index (χ4n) is 2.88. The van der Waals surface area contributed by atoms with Crippen molar-refractivity contribution in [2.75, 3.05) is 6.54 Å². The normalized spacial score (nSPS) is 33.1. The minimum Gasteiger partial charge on any atom is -0.481 e. The lowest BCUT2D eigenvalue weighted by Crippen LogP contribution is -2.45. The minimum atomic E-state index is -3.50. The average molecular weight is 262 g/mol. The molecule has 98 valence electrons. The average Bonchev–Trinajstić information content (AvgIpc) is 2.84. The van der Waals surface area contributed by atoms with Crippen LogP contribution in [0.25, 0.3) is 0 Å². The van der Waals surface area contributed by atoms with Gasteiger partial charge in [0.05, 0.1) is 5.92 Å². The van der Waals surface area contributed by atoms with Gasteiger partial charge in [0.15, 0.2) is 0 Å². The molecule has 6 nitrogen and oxygen atoms in total. The Labute approximate surface area is 101 Å². The molecule has 7 heteroatoms. The van der Waals surface area contributed by atoms with E-state index < -0.39 is 22.1 Å². The summed E-state index contributed by atoms with van der Waals surface area (Å²) in [7, 11) is -3.50. The van der Waals surface area contributed by atoms with Crippen LogP contribution in [0.5, 0.6) is 0 Å². The molecular formula is C10H18N2O4S. The van der Waals surface area contributed by atoms with Crippen molar-refractivity contribution in [3.05, 3.63) is 0 Å². The maximum atomic E-state index is 12.0. The topological polar surface area (TPSA) is 86.7 Å². The quantitative estimate of drug-likeness (QED) is 0.739. The fraction of sp³-hybridized carbons (Fsp3) is 0.900. The summed E-state index contributed by atoms with van der Waals surface area (Å²) in [5.41, 5.74) is 0. The van der Waals surface area contributed by atoms with Crippen LogP contribution in [0.4, 0.5) is 0 Å². The molecule has 2 aliphatic heterocycles. The first-order valence-corrected chi connectivity index (χ1v) is 7.42. The van der Waals surface area contributed by atoms with Crippen LogP contribution < -0.4 is 4.72 Å². The van der Waals surface area contributed by atoms with Crippen LogP contribution >= 0.6 is 0 Å². The third kappa shape index (κ3) is 2.19. The smallest absolute Gasteiger partial charge is 0.308 e. The predicted octanol–water partition coefficient (Wildman–Crippen LogP) is 0.168. The lowest BCUT2D eigenvalue weighted by atomic mass is 9.89. The first-order valence-electron chi connectivity index (χ1n) is 5.98. The molecule has 0 aromatic rings. The van der Waals surface area contributed by atoms with E-state index in [1.807, 2.05) is 6.92 Å². The monoisotopic (exact) mass is 262 g/mol. The summed E-state index contributed by atoms with van der Waals surface area (Å²) in [6.07, 6.45) is 2.62. The van der Waals surface area contributed by atoms with Crippen LogP contribution in [0.15, 0.2) is 0 Å². The Hall–Kier alpha value is -0.660. The lowest BCUT2D eigenvalue weighted by molar-refractivity contribution is -0.142. The first kappa shape index (κ1) is 12.8. The molecule has 0 aliphatic carbocycles. The number of aliphatic carboxylic acids is 1. The zero-order valence-electron chi connectivity index (χ0n) is 9.80. The highest BCUT2D eigenvalue weighted by atomic mass is 32.2. The molecule has 2 saturated heterocycles. The summed E-state index contributed by atoms with van der Waals surface area (Å²) in [5, 5.41) is 9.05. The molecule has 2 bridgehead atoms. The van der Waals surface area contributed by atoms with E-state index in [-0.39, 0.29) is 12.1 Å². The van der Waals surface area contributed by atoms with Gasteiger partial charge in [-0.3, -0.25) is 4.79 Å². The summed E-state index contributed by atoms with van der Waals surface area (Å²) in [6.45, 7) is 2.29. The van der Waals surface area contributed by atoms with Crippen molar-refractivity contribution in [3.63, 3.8) is 0 Å². The van der Waals surface area contributed by atoms with Crippen molar-refractivity contribution < 1.29 is 18.3 Å². The van der Waals surface area contributed by atoms with Crippen LogP contribution in [-0.2, 0) is 15.0 Å². The van der Waals surface area contributed by atoms with E-state index in [0.717, 1.165) is 12.8 Å². The number of nitrogens with zero attached hydrogens (tertiary/aromatic N) is 1. The van der Waals surface area contributed by atoms with Gasteiger partial charge in [-0.2, -0.15) is 12.7 Å². The molecule has 0 spiro atoms. The van der Waals surface area contributed by atoms with Gasteiger partial charge in [-0.15, -0.1) is 0 Å². The highest BCUT2D eigenvalue weighted by Crippen LogP contribution is 2.43. The number of carboxylic acids is 1. The zero-order chi connectivity index (χ0) is 12.6. The van der Waals surface area contributed by atoms with Gasteiger partial charge >= 0.3 is 5.97 Å². The second kappa shape index (κ2) is 4.55. The number of hydrogen-bond acceptors (Lipinski definition) is 3. The summed E-state index contributed by atoms with van der Waals surface area (Å²) in [5.74, 6) is -1.42. The molecule has 3 atom stereocenters. The lowest BCUT2D eigenvalue weighted by Gasteiger charge is -2.22. The molecule has 0 radical (unpaired) electrons. The summed E-state index contributed by atoms with van der Waals surface area (Å²) in [4.78, 5) is 11.0. The Bertz CT molecular complexity index is 409. The Balaban J connectivity index is 2.15. The van der Waals surface area contributed by atoms with Crippen molar-refractivity contribution in [3.8, 4) is 0 Å². The Morgan fingerprint density at radius 3 is 2.71 bits per heavy atom. The van der Waals surface area contributed by atoms with E-state index in [1.54, 1.807) is 0 Å². The minimum absolute atomic E-state index is 0.129. The maximum Gasteiger partial charge on any atom is 0.308 e. The van der Waals surface area contributed by atoms with Gasteiger partial charge in [-0.05, 0) is 25.7 Å². The van der Waals surface area contributed by atoms with Gasteiger partial charge in [-0.25, -0.2) is 4.72 Å². The largest absolute Gasteiger partial charge is 0.481 e. The van der Waals surface area contributed by atoms with Crippen LogP contribution in [0, 0.1) is 5.92 Å². The molecule has 0 aromatic heterocycles. The van der Waals surface area contributed by atoms with Crippen LogP contribution in [0.3, 0.4) is 0 Å². The number of carboxylic acid groups (broad SMARTS) is 1. The second-order valence-electron chi connectivity index (χ2n) is 4.71. The Morgan fingerprint density at radius 2 is 2.18 bits per heavy atom. The van der Waals surface area contributed by atoms with Crippen molar-refractivity contribution in [2.45, 2.75) is 44.7 Å². The SMILES string of the molecule is CCCNS(=O)(=O)N1C2CCC1C(C(=O)O)C2. The molecule has 0 saturated carbocycles. The van der Waals surface area contributed by atoms with Crippen molar-refractivity contribution in [1.82, 2.24) is 9.03 Å². The van der Waals surface area contributed by atoms with E-state index >= 15 is 0 Å². The molecule has 2 heterocycles. The number of fused-ring (bicyclic) bond motifs is 2. The van der Waals surface area contributed by atoms with Crippen LogP contribution in [0.2, 0.25) is 0 Å². The highest BCUT2D eigenvalue weighted by Gasteiger charge is 2.53. The second-order valence-corrected chi connectivity index (χ2v) is 6.37. The molecule has 2 aliphatic rings. The molecule has 0 amide bonds. The number of hydrogen-bond donors (Lipinski definition) is 2. The van der Waals surface area contributed by atoms with E-state index in [9.17, 15) is 13.2 Å². The molecule has 2 fully saturated rings. The Morgan fingerprint density at radius 1 is 1.47 bits per heavy atom. The molecule has 0 aromatic carbocycles. The molecule has 3 unspecified atom stereocenters. The van der Waals surface area contributed by atoms with Gasteiger partial charge in [0.25, 0.3) is 10.2 Å². The molecule has 2 rings (SSSR count). The van der Waals surface area contributed by atoms with Gasteiger partial charge in [0, 0.05) is 18.6 Å². The van der Waals surface area contributed by atoms with Crippen molar-refractivity contribution >= 4 is 16.2 Å². The van der Waals surface area contributed by atoms with Crippen molar-refractivity contribution in [2.24, 2.45) is 5.92 Å². The predicted molar refractivity (Wildman–Crippen MR) is 61.6 cm³/mol. The summed E-state index contributed by atoms with van der Waals surface area (Å²) >= 11 is 0. The maximum absolute atomic E-state index is 12.0. The fourth-order valence-corrected chi connectivity index (χ4v) is 4.69. The third-order valence-corrected chi connectivity index (χ3v) is 5.30. The van der Waals surface area contributed by atoms with E-state index in [0.29, 0.717) is 19.4 Å². The number of nitrogens with one attached hydrogen (secondary N) is 1. The van der Waals surface area contributed by atoms with Gasteiger partial charge in [-0.1, -0.05) is 6.92 Å². The van der Waals surface area contributed by atoms with Gasteiger partial charge < -0.3 is 5.11 Å². The van der Waals surface area contributed by atoms with Crippen LogP contribution in [0.1, 0.15) is 32.6 Å². The van der Waals surface area contributed by atoms with Gasteiger partial charge in [0.1, 0.15) is 0 Å². The van der Waals surface area contributed by atoms with Gasteiger partial charge in [0.2, 0.25) is 0 Å². The summed E-state index contributed by atoms with van der Waals surface area (Å²) < 4.78 is 28.0. The van der Waals surface area contributed by atoms with E-state index in [1.165, 1.54) is 4.31 Å². The van der Waals surface area contributed by atoms with E-state index in [2.05, 4.69) is 4.72 Å². The zero-order valence-corrected chi connectivity index (χ0v) is 10.6. The standard InChI is InChI=1S/C10H18N2O4S/c1-2-5-11-17(15,16)12-7-3-4-9(12)8(6-7)10(13)14/h7-9,11H,2-6H2,1H3,(H,13,14). The molecule has 17 heavy (non-hydrogen) atoms. The third-order valence-electron chi connectivity index (χ3n) is 3.60. The highest BCUT2D eigenvalue weighted by molar-refractivity contribution is 7.87. The molecule has 2 N–H and O–H groups in total. The number of rotatable bonds is 5. The molecular weight excluding hydrogens is 244 g/mol. The van der Waals surface area contributed by atoms with Crippen LogP contribution in [-0.4, -0.2) is 42.4 Å². The summed E-state index contributed by atoms with van der Waals surface area (Å²) in [6, 6.07) is -0.484. The van der Waals surface area contributed by atoms with E-state index in [4.69, 9.17) is 5.11 Å². The van der Waals surface area contributed by atoms with Crippen molar-refractivity contribution in [1.29, 1.82) is 0 Å². The Kier molecular flexibility index (Phi) is 3.42. The first-order chi connectivity index (χ1) is 7.97. The number of carbonyl (C=O) groups is 1.